The number of halogens is 3. The van der Waals surface area contributed by atoms with E-state index in [1.807, 2.05) is 0 Å². The quantitative estimate of drug-likeness (QED) is 0.850. The normalized spacial score (nSPS) is 15.4. The molecule has 5 nitrogen and oxygen atoms in total. The van der Waals surface area contributed by atoms with Crippen molar-refractivity contribution >= 4 is 23.5 Å². The van der Waals surface area contributed by atoms with Crippen molar-refractivity contribution in [1.29, 1.82) is 0 Å². The zero-order valence-corrected chi connectivity index (χ0v) is 10.6. The Morgan fingerprint density at radius 3 is 2.24 bits per heavy atom. The number of benzene rings is 1. The van der Waals surface area contributed by atoms with Gasteiger partial charge in [0.05, 0.1) is 16.8 Å². The van der Waals surface area contributed by atoms with E-state index in [1.54, 1.807) is 0 Å². The Hall–Kier alpha value is -2.64. The Kier molecular flexibility index (Phi) is 3.32. The lowest BCUT2D eigenvalue weighted by Crippen LogP contribution is -2.31. The van der Waals surface area contributed by atoms with Crippen molar-refractivity contribution in [3.05, 3.63) is 41.0 Å². The number of hydrogen-bond donors (Lipinski definition) is 1. The molecule has 0 spiro atoms. The molecule has 0 saturated carbocycles. The van der Waals surface area contributed by atoms with Gasteiger partial charge < -0.3 is 5.11 Å². The highest BCUT2D eigenvalue weighted by atomic mass is 19.4. The number of anilines is 1. The van der Waals surface area contributed by atoms with Crippen LogP contribution in [0.15, 0.2) is 29.8 Å². The van der Waals surface area contributed by atoms with Crippen LogP contribution < -0.4 is 4.90 Å². The summed E-state index contributed by atoms with van der Waals surface area (Å²) in [5.74, 6) is -3.19. The van der Waals surface area contributed by atoms with Crippen LogP contribution in [0, 0.1) is 0 Å². The third-order valence-electron chi connectivity index (χ3n) is 2.85. The summed E-state index contributed by atoms with van der Waals surface area (Å²) in [5.41, 5.74) is -2.27. The predicted molar refractivity (Wildman–Crippen MR) is 64.7 cm³/mol. The largest absolute Gasteiger partial charge is 0.478 e. The molecule has 2 rings (SSSR count). The maximum atomic E-state index is 12.8. The van der Waals surface area contributed by atoms with Gasteiger partial charge in [-0.25, -0.2) is 9.69 Å². The van der Waals surface area contributed by atoms with Crippen molar-refractivity contribution < 1.29 is 32.7 Å². The topological polar surface area (TPSA) is 74.7 Å². The maximum Gasteiger partial charge on any atom is 0.416 e. The molecule has 110 valence electrons. The highest BCUT2D eigenvalue weighted by Crippen LogP contribution is 2.34. The van der Waals surface area contributed by atoms with Gasteiger partial charge in [-0.3, -0.25) is 9.59 Å². The predicted octanol–water partition coefficient (Wildman–Crippen LogP) is 2.22. The number of amides is 2. The van der Waals surface area contributed by atoms with Gasteiger partial charge in [0, 0.05) is 11.6 Å². The van der Waals surface area contributed by atoms with Crippen LogP contribution in [0.2, 0.25) is 0 Å². The molecule has 0 bridgehead atoms. The molecule has 0 aromatic heterocycles. The smallest absolute Gasteiger partial charge is 0.416 e. The molecular formula is C13H8F3NO4. The summed E-state index contributed by atoms with van der Waals surface area (Å²) < 4.78 is 38.3. The summed E-state index contributed by atoms with van der Waals surface area (Å²) >= 11 is 0. The second-order valence-corrected chi connectivity index (χ2v) is 4.38. The summed E-state index contributed by atoms with van der Waals surface area (Å²) in [7, 11) is 0. The van der Waals surface area contributed by atoms with Gasteiger partial charge in [-0.05, 0) is 25.1 Å². The summed E-state index contributed by atoms with van der Waals surface area (Å²) in [5, 5.41) is 8.86. The van der Waals surface area contributed by atoms with E-state index < -0.39 is 40.8 Å². The average Bonchev–Trinajstić information content (AvgIpc) is 2.61. The number of aromatic carboxylic acids is 1. The van der Waals surface area contributed by atoms with E-state index in [0.717, 1.165) is 12.1 Å². The molecule has 0 aliphatic carbocycles. The number of carboxylic acids is 1. The van der Waals surface area contributed by atoms with Crippen LogP contribution in [0.1, 0.15) is 22.8 Å². The molecule has 2 amide bonds. The first kappa shape index (κ1) is 14.8. The van der Waals surface area contributed by atoms with Gasteiger partial charge in [-0.2, -0.15) is 13.2 Å². The summed E-state index contributed by atoms with van der Waals surface area (Å²) in [6.07, 6.45) is -3.82. The minimum absolute atomic E-state index is 0.0642. The Bertz CT molecular complexity index is 691. The Morgan fingerprint density at radius 1 is 1.19 bits per heavy atom. The summed E-state index contributed by atoms with van der Waals surface area (Å²) in [6.45, 7) is 1.34. The second kappa shape index (κ2) is 4.72. The van der Waals surface area contributed by atoms with Crippen molar-refractivity contribution in [2.24, 2.45) is 0 Å². The number of carbonyl (C=O) groups is 3. The number of rotatable bonds is 2. The van der Waals surface area contributed by atoms with Gasteiger partial charge in [0.1, 0.15) is 0 Å². The molecule has 1 aliphatic heterocycles. The van der Waals surface area contributed by atoms with Crippen molar-refractivity contribution in [2.75, 3.05) is 4.90 Å². The highest BCUT2D eigenvalue weighted by Gasteiger charge is 2.35. The standard InChI is InChI=1S/C13H8F3NO4/c1-6-2-10(18)17(11(6)19)9-4-7(12(20)21)3-8(5-9)13(14,15)16/h2-5H,1H3,(H,20,21). The summed E-state index contributed by atoms with van der Waals surface area (Å²) in [6, 6.07) is 1.85. The minimum atomic E-state index is -4.80. The fourth-order valence-electron chi connectivity index (χ4n) is 1.86. The van der Waals surface area contributed by atoms with E-state index in [2.05, 4.69) is 0 Å². The van der Waals surface area contributed by atoms with Gasteiger partial charge in [0.2, 0.25) is 0 Å². The van der Waals surface area contributed by atoms with E-state index in [1.165, 1.54) is 6.92 Å². The molecule has 0 radical (unpaired) electrons. The lowest BCUT2D eigenvalue weighted by atomic mass is 10.1. The van der Waals surface area contributed by atoms with Crippen LogP contribution in [-0.4, -0.2) is 22.9 Å². The molecule has 0 atom stereocenters. The van der Waals surface area contributed by atoms with Crippen molar-refractivity contribution in [1.82, 2.24) is 0 Å². The first-order valence-corrected chi connectivity index (χ1v) is 5.63. The Morgan fingerprint density at radius 2 is 1.81 bits per heavy atom. The fourth-order valence-corrected chi connectivity index (χ4v) is 1.86. The van der Waals surface area contributed by atoms with E-state index in [0.29, 0.717) is 17.0 Å². The zero-order valence-electron chi connectivity index (χ0n) is 10.6. The Balaban J connectivity index is 2.59. The monoisotopic (exact) mass is 299 g/mol. The second-order valence-electron chi connectivity index (χ2n) is 4.38. The van der Waals surface area contributed by atoms with Crippen molar-refractivity contribution in [3.63, 3.8) is 0 Å². The van der Waals surface area contributed by atoms with Gasteiger partial charge in [-0.1, -0.05) is 0 Å². The first-order chi connectivity index (χ1) is 9.61. The van der Waals surface area contributed by atoms with Crippen LogP contribution in [0.4, 0.5) is 18.9 Å². The molecule has 21 heavy (non-hydrogen) atoms. The van der Waals surface area contributed by atoms with Gasteiger partial charge in [0.25, 0.3) is 11.8 Å². The molecule has 8 heteroatoms. The first-order valence-electron chi connectivity index (χ1n) is 5.63. The molecule has 0 saturated heterocycles. The van der Waals surface area contributed by atoms with Crippen LogP contribution in [0.3, 0.4) is 0 Å². The van der Waals surface area contributed by atoms with E-state index in [9.17, 15) is 27.6 Å². The maximum absolute atomic E-state index is 12.8. The highest BCUT2D eigenvalue weighted by molar-refractivity contribution is 6.30. The molecule has 1 aromatic rings. The van der Waals surface area contributed by atoms with E-state index in [-0.39, 0.29) is 5.57 Å². The fraction of sp³-hybridized carbons (Fsp3) is 0.154. The van der Waals surface area contributed by atoms with E-state index >= 15 is 0 Å². The molecule has 0 unspecified atom stereocenters. The molecule has 1 N–H and O–H groups in total. The van der Waals surface area contributed by atoms with Crippen LogP contribution in [0.5, 0.6) is 0 Å². The number of alkyl halides is 3. The number of nitrogens with zero attached hydrogens (tertiary/aromatic N) is 1. The molecule has 1 aromatic carbocycles. The van der Waals surface area contributed by atoms with Crippen LogP contribution >= 0.6 is 0 Å². The van der Waals surface area contributed by atoms with E-state index in [4.69, 9.17) is 5.11 Å². The van der Waals surface area contributed by atoms with Crippen molar-refractivity contribution in [3.8, 4) is 0 Å². The van der Waals surface area contributed by atoms with Crippen molar-refractivity contribution in [2.45, 2.75) is 13.1 Å². The number of carboxylic acid groups (broad SMARTS) is 1. The molecule has 1 heterocycles. The number of hydrogen-bond acceptors (Lipinski definition) is 3. The van der Waals surface area contributed by atoms with Gasteiger partial charge in [-0.15, -0.1) is 0 Å². The number of carbonyl (C=O) groups excluding carboxylic acids is 2. The molecular weight excluding hydrogens is 291 g/mol. The molecule has 1 aliphatic rings. The summed E-state index contributed by atoms with van der Waals surface area (Å²) in [4.78, 5) is 34.8. The third kappa shape index (κ3) is 2.64. The van der Waals surface area contributed by atoms with Crippen LogP contribution in [-0.2, 0) is 15.8 Å². The number of imide groups is 1. The average molecular weight is 299 g/mol. The SMILES string of the molecule is CC1=CC(=O)N(c2cc(C(=O)O)cc(C(F)(F)F)c2)C1=O. The zero-order chi connectivity index (χ0) is 15.9. The Labute approximate surface area is 116 Å². The van der Waals surface area contributed by atoms with Gasteiger partial charge in [0.15, 0.2) is 0 Å². The third-order valence-corrected chi connectivity index (χ3v) is 2.85. The van der Waals surface area contributed by atoms with Gasteiger partial charge >= 0.3 is 12.1 Å². The minimum Gasteiger partial charge on any atom is -0.478 e. The lowest BCUT2D eigenvalue weighted by molar-refractivity contribution is -0.137. The van der Waals surface area contributed by atoms with Crippen LogP contribution in [0.25, 0.3) is 0 Å². The lowest BCUT2D eigenvalue weighted by Gasteiger charge is -2.17. The molecule has 0 fully saturated rings.